The Balaban J connectivity index is 2.33. The summed E-state index contributed by atoms with van der Waals surface area (Å²) in [5.74, 6) is -2.60. The topological polar surface area (TPSA) is 98.3 Å². The third-order valence-corrected chi connectivity index (χ3v) is 3.31. The van der Waals surface area contributed by atoms with Crippen molar-refractivity contribution < 1.29 is 19.5 Å². The fourth-order valence-electron chi connectivity index (χ4n) is 1.99. The molecule has 0 heterocycles. The van der Waals surface area contributed by atoms with Crippen molar-refractivity contribution in [3.8, 4) is 0 Å². The fourth-order valence-corrected chi connectivity index (χ4v) is 1.99. The molecule has 0 saturated carbocycles. The zero-order valence-electron chi connectivity index (χ0n) is 12.6. The van der Waals surface area contributed by atoms with Gasteiger partial charge in [-0.05, 0) is 30.9 Å². The number of rotatable bonds is 8. The molecule has 6 heteroatoms. The lowest BCUT2D eigenvalue weighted by Gasteiger charge is -2.17. The van der Waals surface area contributed by atoms with Gasteiger partial charge in [0.25, 0.3) is 5.91 Å². The average Bonchev–Trinajstić information content (AvgIpc) is 2.53. The standard InChI is InChI=1S/C16H22N2O4/c1-2-3-7-13(16(21)22)10-11-14(19)17-18-15(20)12-8-5-4-6-9-12/h4-6,8-9,13H,2-3,7,10-11H2,1H3,(H,17,19)(H,18,20)(H,21,22)/p-1/t13-/m0/s1. The Kier molecular flexibility index (Phi) is 7.67. The maximum absolute atomic E-state index is 11.7. The van der Waals surface area contributed by atoms with Crippen LogP contribution in [-0.2, 0) is 9.59 Å². The van der Waals surface area contributed by atoms with E-state index in [-0.39, 0.29) is 12.8 Å². The Morgan fingerprint density at radius 1 is 1.09 bits per heavy atom. The number of hydrazine groups is 1. The molecule has 0 radical (unpaired) electrons. The van der Waals surface area contributed by atoms with Gasteiger partial charge in [-0.25, -0.2) is 0 Å². The van der Waals surface area contributed by atoms with Crippen LogP contribution in [0, 0.1) is 5.92 Å². The SMILES string of the molecule is CCCC[C@@H](CCC(=O)NNC(=O)c1ccccc1)C(=O)[O-]. The molecule has 6 nitrogen and oxygen atoms in total. The van der Waals surface area contributed by atoms with Gasteiger partial charge in [-0.3, -0.25) is 20.4 Å². The highest BCUT2D eigenvalue weighted by molar-refractivity contribution is 5.95. The number of hydrogen-bond donors (Lipinski definition) is 2. The van der Waals surface area contributed by atoms with Crippen molar-refractivity contribution in [1.82, 2.24) is 10.9 Å². The largest absolute Gasteiger partial charge is 0.550 e. The van der Waals surface area contributed by atoms with Gasteiger partial charge in [-0.15, -0.1) is 0 Å². The lowest BCUT2D eigenvalue weighted by molar-refractivity contribution is -0.312. The first-order valence-electron chi connectivity index (χ1n) is 7.39. The van der Waals surface area contributed by atoms with Crippen LogP contribution in [0.1, 0.15) is 49.4 Å². The van der Waals surface area contributed by atoms with Gasteiger partial charge in [0.1, 0.15) is 0 Å². The number of carboxylic acid groups (broad SMARTS) is 1. The maximum atomic E-state index is 11.7. The van der Waals surface area contributed by atoms with Crippen molar-refractivity contribution in [3.05, 3.63) is 35.9 Å². The van der Waals surface area contributed by atoms with Crippen molar-refractivity contribution in [2.75, 3.05) is 0 Å². The molecule has 0 aliphatic carbocycles. The number of amides is 2. The van der Waals surface area contributed by atoms with Gasteiger partial charge in [0.15, 0.2) is 0 Å². The van der Waals surface area contributed by atoms with Crippen LogP contribution < -0.4 is 16.0 Å². The first-order valence-corrected chi connectivity index (χ1v) is 7.39. The highest BCUT2D eigenvalue weighted by Crippen LogP contribution is 2.14. The molecule has 0 aliphatic heterocycles. The summed E-state index contributed by atoms with van der Waals surface area (Å²) in [5, 5.41) is 11.0. The van der Waals surface area contributed by atoms with E-state index < -0.39 is 23.7 Å². The summed E-state index contributed by atoms with van der Waals surface area (Å²) in [7, 11) is 0. The van der Waals surface area contributed by atoms with E-state index in [1.807, 2.05) is 6.92 Å². The number of benzene rings is 1. The van der Waals surface area contributed by atoms with E-state index >= 15 is 0 Å². The molecule has 2 amide bonds. The first-order chi connectivity index (χ1) is 10.5. The minimum Gasteiger partial charge on any atom is -0.550 e. The zero-order valence-corrected chi connectivity index (χ0v) is 12.6. The highest BCUT2D eigenvalue weighted by atomic mass is 16.4. The van der Waals surface area contributed by atoms with E-state index in [4.69, 9.17) is 0 Å². The third-order valence-electron chi connectivity index (χ3n) is 3.31. The first kappa shape index (κ1) is 17.7. The predicted octanol–water partition coefficient (Wildman–Crippen LogP) is 0.784. The number of hydrogen-bond acceptors (Lipinski definition) is 4. The van der Waals surface area contributed by atoms with Crippen molar-refractivity contribution in [1.29, 1.82) is 0 Å². The second kappa shape index (κ2) is 9.55. The Morgan fingerprint density at radius 2 is 1.77 bits per heavy atom. The molecule has 22 heavy (non-hydrogen) atoms. The Bertz CT molecular complexity index is 502. The summed E-state index contributed by atoms with van der Waals surface area (Å²) in [6.45, 7) is 1.97. The van der Waals surface area contributed by atoms with E-state index in [0.717, 1.165) is 12.8 Å². The molecule has 0 fully saturated rings. The highest BCUT2D eigenvalue weighted by Gasteiger charge is 2.13. The van der Waals surface area contributed by atoms with Crippen LogP contribution in [0.3, 0.4) is 0 Å². The van der Waals surface area contributed by atoms with Gasteiger partial charge in [-0.2, -0.15) is 0 Å². The second-order valence-corrected chi connectivity index (χ2v) is 5.07. The monoisotopic (exact) mass is 305 g/mol. The predicted molar refractivity (Wildman–Crippen MR) is 79.3 cm³/mol. The number of nitrogens with one attached hydrogen (secondary N) is 2. The fraction of sp³-hybridized carbons (Fsp3) is 0.438. The Hall–Kier alpha value is -2.37. The third kappa shape index (κ3) is 6.39. The van der Waals surface area contributed by atoms with Gasteiger partial charge in [0, 0.05) is 18.0 Å². The van der Waals surface area contributed by atoms with Gasteiger partial charge in [0.2, 0.25) is 5.91 Å². The maximum Gasteiger partial charge on any atom is 0.269 e. The lowest BCUT2D eigenvalue weighted by Crippen LogP contribution is -2.42. The minimum atomic E-state index is -1.13. The Labute approximate surface area is 129 Å². The summed E-state index contributed by atoms with van der Waals surface area (Å²) in [6, 6.07) is 8.46. The molecule has 120 valence electrons. The number of carboxylic acids is 1. The molecule has 0 unspecified atom stereocenters. The van der Waals surface area contributed by atoms with E-state index in [1.54, 1.807) is 30.3 Å². The van der Waals surface area contributed by atoms with Crippen LogP contribution in [-0.4, -0.2) is 17.8 Å². The van der Waals surface area contributed by atoms with Crippen LogP contribution in [0.25, 0.3) is 0 Å². The van der Waals surface area contributed by atoms with E-state index in [0.29, 0.717) is 12.0 Å². The van der Waals surface area contributed by atoms with E-state index in [2.05, 4.69) is 10.9 Å². The molecule has 1 rings (SSSR count). The minimum absolute atomic E-state index is 0.0252. The van der Waals surface area contributed by atoms with Crippen molar-refractivity contribution in [2.45, 2.75) is 39.0 Å². The zero-order chi connectivity index (χ0) is 16.4. The lowest BCUT2D eigenvalue weighted by atomic mass is 9.97. The normalized spacial score (nSPS) is 11.5. The second-order valence-electron chi connectivity index (χ2n) is 5.07. The molecular weight excluding hydrogens is 284 g/mol. The van der Waals surface area contributed by atoms with Gasteiger partial charge in [0.05, 0.1) is 0 Å². The summed E-state index contributed by atoms with van der Waals surface area (Å²) in [5.41, 5.74) is 5.00. The summed E-state index contributed by atoms with van der Waals surface area (Å²) >= 11 is 0. The molecule has 2 N–H and O–H groups in total. The number of carbonyl (C=O) groups excluding carboxylic acids is 3. The number of aliphatic carboxylic acids is 1. The van der Waals surface area contributed by atoms with Crippen molar-refractivity contribution in [3.63, 3.8) is 0 Å². The molecule has 0 spiro atoms. The molecule has 0 aromatic heterocycles. The van der Waals surface area contributed by atoms with Gasteiger partial charge in [-0.1, -0.05) is 38.0 Å². The molecule has 1 atom stereocenters. The summed E-state index contributed by atoms with van der Waals surface area (Å²) in [6.07, 6.45) is 2.41. The molecule has 1 aromatic rings. The van der Waals surface area contributed by atoms with Crippen LogP contribution in [0.4, 0.5) is 0 Å². The molecular formula is C16H21N2O4-. The van der Waals surface area contributed by atoms with Gasteiger partial charge < -0.3 is 9.90 Å². The summed E-state index contributed by atoms with van der Waals surface area (Å²) < 4.78 is 0. The van der Waals surface area contributed by atoms with Crippen LogP contribution >= 0.6 is 0 Å². The molecule has 1 aromatic carbocycles. The van der Waals surface area contributed by atoms with Crippen LogP contribution in [0.2, 0.25) is 0 Å². The molecule has 0 aliphatic rings. The van der Waals surface area contributed by atoms with Crippen molar-refractivity contribution in [2.24, 2.45) is 5.92 Å². The Morgan fingerprint density at radius 3 is 2.36 bits per heavy atom. The van der Waals surface area contributed by atoms with E-state index in [9.17, 15) is 19.5 Å². The number of unbranched alkanes of at least 4 members (excludes halogenated alkanes) is 1. The number of carbonyl (C=O) groups is 3. The summed E-state index contributed by atoms with van der Waals surface area (Å²) in [4.78, 5) is 34.3. The van der Waals surface area contributed by atoms with Gasteiger partial charge >= 0.3 is 0 Å². The van der Waals surface area contributed by atoms with Crippen LogP contribution in [0.5, 0.6) is 0 Å². The quantitative estimate of drug-likeness (QED) is 0.693. The van der Waals surface area contributed by atoms with E-state index in [1.165, 1.54) is 0 Å². The molecule has 0 saturated heterocycles. The van der Waals surface area contributed by atoms with Crippen LogP contribution in [0.15, 0.2) is 30.3 Å². The smallest absolute Gasteiger partial charge is 0.269 e. The average molecular weight is 305 g/mol. The van der Waals surface area contributed by atoms with Crippen molar-refractivity contribution >= 4 is 17.8 Å². The molecule has 0 bridgehead atoms.